The van der Waals surface area contributed by atoms with Crippen LogP contribution in [-0.4, -0.2) is 0 Å². The van der Waals surface area contributed by atoms with Gasteiger partial charge in [-0.3, -0.25) is 0 Å². The maximum absolute atomic E-state index is 4.27. The van der Waals surface area contributed by atoms with Crippen molar-refractivity contribution in [2.45, 2.75) is 79.1 Å². The molecule has 0 nitrogen and oxygen atoms in total. The molecule has 0 aliphatic rings. The predicted octanol–water partition coefficient (Wildman–Crippen LogP) is 5.98. The molecule has 0 N–H and O–H groups in total. The van der Waals surface area contributed by atoms with Gasteiger partial charge in [0.15, 0.2) is 0 Å². The first kappa shape index (κ1) is 15.7. The molecule has 0 amide bonds. The normalized spacial score (nSPS) is 13.1. The first-order chi connectivity index (χ1) is 7.69. The Labute approximate surface area is 104 Å². The molecule has 1 atom stereocenters. The summed E-state index contributed by atoms with van der Waals surface area (Å²) < 4.78 is 0. The van der Waals surface area contributed by atoms with Gasteiger partial charge in [-0.25, -0.2) is 0 Å². The van der Waals surface area contributed by atoms with Gasteiger partial charge in [0.1, 0.15) is 0 Å². The average molecular weight is 224 g/mol. The molecule has 0 aliphatic carbocycles. The summed E-state index contributed by atoms with van der Waals surface area (Å²) in [5.41, 5.74) is 1.50. The second kappa shape index (κ2) is 9.93. The minimum absolute atomic E-state index is 0.770. The highest BCUT2D eigenvalue weighted by molar-refractivity contribution is 4.99. The second-order valence-corrected chi connectivity index (χ2v) is 5.13. The monoisotopic (exact) mass is 224 g/mol. The van der Waals surface area contributed by atoms with E-state index in [1.807, 2.05) is 0 Å². The second-order valence-electron chi connectivity index (χ2n) is 5.13. The van der Waals surface area contributed by atoms with Crippen molar-refractivity contribution in [1.82, 2.24) is 0 Å². The standard InChI is InChI=1S/C16H32/c1-6-11-15(7-2)13-10-12-14(5)16(8-3)9-4/h15-16H,5-13H2,1-4H3. The van der Waals surface area contributed by atoms with E-state index in [-0.39, 0.29) is 0 Å². The van der Waals surface area contributed by atoms with Gasteiger partial charge in [-0.1, -0.05) is 65.5 Å². The van der Waals surface area contributed by atoms with Crippen LogP contribution in [0.4, 0.5) is 0 Å². The van der Waals surface area contributed by atoms with Crippen LogP contribution in [0.2, 0.25) is 0 Å². The lowest BCUT2D eigenvalue weighted by atomic mass is 9.88. The quantitative estimate of drug-likeness (QED) is 0.401. The largest absolute Gasteiger partial charge is 0.0996 e. The van der Waals surface area contributed by atoms with Gasteiger partial charge >= 0.3 is 0 Å². The molecule has 0 bridgehead atoms. The smallest absolute Gasteiger partial charge is 0.0211 e. The highest BCUT2D eigenvalue weighted by Crippen LogP contribution is 2.25. The first-order valence-electron chi connectivity index (χ1n) is 7.37. The average Bonchev–Trinajstić information content (AvgIpc) is 2.29. The Bertz CT molecular complexity index is 165. The fourth-order valence-corrected chi connectivity index (χ4v) is 2.65. The van der Waals surface area contributed by atoms with Gasteiger partial charge in [0.25, 0.3) is 0 Å². The third kappa shape index (κ3) is 6.35. The third-order valence-electron chi connectivity index (χ3n) is 3.95. The third-order valence-corrected chi connectivity index (χ3v) is 3.95. The molecule has 0 aliphatic heterocycles. The molecule has 0 spiro atoms. The highest BCUT2D eigenvalue weighted by atomic mass is 14.2. The van der Waals surface area contributed by atoms with Crippen LogP contribution in [0.25, 0.3) is 0 Å². The topological polar surface area (TPSA) is 0 Å². The SMILES string of the molecule is C=C(CCCC(CC)CCC)C(CC)CC. The van der Waals surface area contributed by atoms with Gasteiger partial charge in [-0.2, -0.15) is 0 Å². The molecule has 0 saturated carbocycles. The zero-order valence-electron chi connectivity index (χ0n) is 12.0. The molecule has 0 aromatic rings. The van der Waals surface area contributed by atoms with E-state index in [1.54, 1.807) is 0 Å². The number of allylic oxidation sites excluding steroid dienone is 1. The molecular formula is C16H32. The summed E-state index contributed by atoms with van der Waals surface area (Å²) in [4.78, 5) is 0. The summed E-state index contributed by atoms with van der Waals surface area (Å²) in [6.45, 7) is 13.5. The van der Waals surface area contributed by atoms with Crippen molar-refractivity contribution < 1.29 is 0 Å². The number of rotatable bonds is 10. The van der Waals surface area contributed by atoms with Crippen molar-refractivity contribution in [2.24, 2.45) is 11.8 Å². The Morgan fingerprint density at radius 3 is 2.00 bits per heavy atom. The summed E-state index contributed by atoms with van der Waals surface area (Å²) >= 11 is 0. The van der Waals surface area contributed by atoms with Gasteiger partial charge in [-0.05, 0) is 37.5 Å². The Balaban J connectivity index is 3.74. The molecule has 1 unspecified atom stereocenters. The molecule has 0 aromatic carbocycles. The Morgan fingerprint density at radius 1 is 0.938 bits per heavy atom. The zero-order valence-corrected chi connectivity index (χ0v) is 12.0. The van der Waals surface area contributed by atoms with Crippen LogP contribution >= 0.6 is 0 Å². The van der Waals surface area contributed by atoms with Crippen molar-refractivity contribution in [1.29, 1.82) is 0 Å². The minimum Gasteiger partial charge on any atom is -0.0996 e. The lowest BCUT2D eigenvalue weighted by Crippen LogP contribution is -2.03. The van der Waals surface area contributed by atoms with Crippen molar-refractivity contribution in [3.05, 3.63) is 12.2 Å². The van der Waals surface area contributed by atoms with Crippen LogP contribution < -0.4 is 0 Å². The van der Waals surface area contributed by atoms with E-state index in [2.05, 4.69) is 34.3 Å². The van der Waals surface area contributed by atoms with Crippen molar-refractivity contribution in [2.75, 3.05) is 0 Å². The predicted molar refractivity (Wildman–Crippen MR) is 75.8 cm³/mol. The Hall–Kier alpha value is -0.260. The van der Waals surface area contributed by atoms with Crippen molar-refractivity contribution in [3.8, 4) is 0 Å². The fraction of sp³-hybridized carbons (Fsp3) is 0.875. The van der Waals surface area contributed by atoms with Crippen LogP contribution in [0.15, 0.2) is 12.2 Å². The lowest BCUT2D eigenvalue weighted by Gasteiger charge is -2.18. The molecule has 0 aromatic heterocycles. The van der Waals surface area contributed by atoms with E-state index >= 15 is 0 Å². The van der Waals surface area contributed by atoms with Gasteiger partial charge in [0.05, 0.1) is 0 Å². The van der Waals surface area contributed by atoms with E-state index < -0.39 is 0 Å². The molecule has 0 saturated heterocycles. The summed E-state index contributed by atoms with van der Waals surface area (Å²) in [5.74, 6) is 1.73. The Kier molecular flexibility index (Phi) is 9.77. The molecule has 0 heterocycles. The lowest BCUT2D eigenvalue weighted by molar-refractivity contribution is 0.413. The maximum atomic E-state index is 4.27. The maximum Gasteiger partial charge on any atom is -0.0211 e. The molecule has 0 fully saturated rings. The molecule has 16 heavy (non-hydrogen) atoms. The van der Waals surface area contributed by atoms with Crippen LogP contribution in [0.1, 0.15) is 79.1 Å². The summed E-state index contributed by atoms with van der Waals surface area (Å²) in [7, 11) is 0. The Morgan fingerprint density at radius 2 is 1.56 bits per heavy atom. The first-order valence-corrected chi connectivity index (χ1v) is 7.37. The molecular weight excluding hydrogens is 192 g/mol. The summed E-state index contributed by atoms with van der Waals surface area (Å²) in [6, 6.07) is 0. The van der Waals surface area contributed by atoms with Gasteiger partial charge in [0.2, 0.25) is 0 Å². The van der Waals surface area contributed by atoms with E-state index in [9.17, 15) is 0 Å². The minimum atomic E-state index is 0.770. The highest BCUT2D eigenvalue weighted by Gasteiger charge is 2.09. The summed E-state index contributed by atoms with van der Waals surface area (Å²) in [6.07, 6.45) is 10.7. The zero-order chi connectivity index (χ0) is 12.4. The van der Waals surface area contributed by atoms with Gasteiger partial charge in [0, 0.05) is 0 Å². The fourth-order valence-electron chi connectivity index (χ4n) is 2.65. The van der Waals surface area contributed by atoms with Crippen LogP contribution in [0.3, 0.4) is 0 Å². The molecule has 0 rings (SSSR count). The van der Waals surface area contributed by atoms with E-state index in [4.69, 9.17) is 0 Å². The number of hydrogen-bond acceptors (Lipinski definition) is 0. The van der Waals surface area contributed by atoms with Crippen LogP contribution in [0, 0.1) is 11.8 Å². The number of hydrogen-bond donors (Lipinski definition) is 0. The van der Waals surface area contributed by atoms with Gasteiger partial charge < -0.3 is 0 Å². The summed E-state index contributed by atoms with van der Waals surface area (Å²) in [5, 5.41) is 0. The van der Waals surface area contributed by atoms with Crippen molar-refractivity contribution in [3.63, 3.8) is 0 Å². The van der Waals surface area contributed by atoms with Crippen molar-refractivity contribution >= 4 is 0 Å². The van der Waals surface area contributed by atoms with Crippen LogP contribution in [0.5, 0.6) is 0 Å². The van der Waals surface area contributed by atoms with E-state index in [0.717, 1.165) is 11.8 Å². The van der Waals surface area contributed by atoms with Crippen LogP contribution in [-0.2, 0) is 0 Å². The van der Waals surface area contributed by atoms with E-state index in [1.165, 1.54) is 56.9 Å². The molecule has 96 valence electrons. The van der Waals surface area contributed by atoms with E-state index in [0.29, 0.717) is 0 Å². The molecule has 0 heteroatoms. The van der Waals surface area contributed by atoms with Gasteiger partial charge in [-0.15, -0.1) is 0 Å². The molecule has 0 radical (unpaired) electrons.